The Morgan fingerprint density at radius 2 is 1.09 bits per heavy atom. The predicted molar refractivity (Wildman–Crippen MR) is 279 cm³/mol. The number of hydrogen-bond acceptors (Lipinski definition) is 5. The van der Waals surface area contributed by atoms with Gasteiger partial charge in [0, 0.05) is 53.6 Å². The van der Waals surface area contributed by atoms with Crippen LogP contribution >= 0.6 is 11.3 Å². The lowest BCUT2D eigenvalue weighted by Crippen LogP contribution is -2.05. The van der Waals surface area contributed by atoms with E-state index in [0.717, 1.165) is 62.6 Å². The minimum absolute atomic E-state index is 0.0604. The van der Waals surface area contributed by atoms with E-state index in [0.29, 0.717) is 17.5 Å². The van der Waals surface area contributed by atoms with Gasteiger partial charge in [-0.25, -0.2) is 15.0 Å². The second-order valence-corrected chi connectivity index (χ2v) is 18.9. The largest absolute Gasteiger partial charge is 0.456 e. The van der Waals surface area contributed by atoms with Gasteiger partial charge in [0.1, 0.15) is 11.2 Å². The summed E-state index contributed by atoms with van der Waals surface area (Å²) in [5.74, 6) is 1.92. The Labute approximate surface area is 390 Å². The predicted octanol–water partition coefficient (Wildman–Crippen LogP) is 16.9. The minimum Gasteiger partial charge on any atom is -0.456 e. The van der Waals surface area contributed by atoms with E-state index in [1.807, 2.05) is 6.07 Å². The van der Waals surface area contributed by atoms with Gasteiger partial charge in [-0.1, -0.05) is 164 Å². The molecule has 0 amide bonds. The Morgan fingerprint density at radius 3 is 1.96 bits per heavy atom. The zero-order valence-corrected chi connectivity index (χ0v) is 37.1. The maximum atomic E-state index is 6.85. The van der Waals surface area contributed by atoms with Crippen LogP contribution in [-0.2, 0) is 6.42 Å². The van der Waals surface area contributed by atoms with E-state index < -0.39 is 0 Å². The summed E-state index contributed by atoms with van der Waals surface area (Å²) in [4.78, 5) is 16.2. The Kier molecular flexibility index (Phi) is 8.61. The third kappa shape index (κ3) is 6.30. The van der Waals surface area contributed by atoms with Gasteiger partial charge in [0.15, 0.2) is 17.5 Å². The number of furan rings is 1. The lowest BCUT2D eigenvalue weighted by Gasteiger charge is -2.21. The van der Waals surface area contributed by atoms with Crippen LogP contribution in [0.2, 0.25) is 0 Å². The molecule has 0 saturated heterocycles. The Balaban J connectivity index is 1.02. The molecule has 3 heterocycles. The van der Waals surface area contributed by atoms with E-state index in [-0.39, 0.29) is 5.92 Å². The number of nitrogens with zero attached hydrogens (tertiary/aromatic N) is 3. The van der Waals surface area contributed by atoms with Crippen molar-refractivity contribution in [2.75, 3.05) is 0 Å². The molecule has 1 atom stereocenters. The Bertz CT molecular complexity index is 4130. The summed E-state index contributed by atoms with van der Waals surface area (Å²) in [5.41, 5.74) is 13.2. The van der Waals surface area contributed by atoms with Gasteiger partial charge in [-0.2, -0.15) is 0 Å². The molecule has 0 bridgehead atoms. The zero-order valence-electron chi connectivity index (χ0n) is 36.3. The average molecular weight is 874 g/mol. The lowest BCUT2D eigenvalue weighted by molar-refractivity contribution is 0.665. The number of hydrogen-bond donors (Lipinski definition) is 0. The van der Waals surface area contributed by atoms with Crippen molar-refractivity contribution in [3.8, 4) is 56.4 Å². The first kappa shape index (κ1) is 38.1. The van der Waals surface area contributed by atoms with Gasteiger partial charge in [0.25, 0.3) is 0 Å². The quantitative estimate of drug-likeness (QED) is 0.173. The first-order valence-electron chi connectivity index (χ1n) is 23.0. The second kappa shape index (κ2) is 15.2. The van der Waals surface area contributed by atoms with Crippen molar-refractivity contribution in [3.05, 3.63) is 223 Å². The third-order valence-corrected chi connectivity index (χ3v) is 15.1. The molecule has 0 N–H and O–H groups in total. The van der Waals surface area contributed by atoms with Crippen LogP contribution in [0.5, 0.6) is 0 Å². The van der Waals surface area contributed by atoms with Crippen molar-refractivity contribution in [1.29, 1.82) is 0 Å². The van der Waals surface area contributed by atoms with E-state index in [4.69, 9.17) is 19.4 Å². The number of rotatable bonds is 5. The van der Waals surface area contributed by atoms with Crippen molar-refractivity contribution in [2.24, 2.45) is 0 Å². The highest BCUT2D eigenvalue weighted by Crippen LogP contribution is 2.48. The summed E-state index contributed by atoms with van der Waals surface area (Å²) in [6.45, 7) is 0. The fraction of sp³-hybridized carbons (Fsp3) is 0.0484. The smallest absolute Gasteiger partial charge is 0.164 e. The van der Waals surface area contributed by atoms with E-state index >= 15 is 0 Å². The van der Waals surface area contributed by atoms with Crippen molar-refractivity contribution in [1.82, 2.24) is 15.0 Å². The summed E-state index contributed by atoms with van der Waals surface area (Å²) >= 11 is 1.80. The van der Waals surface area contributed by atoms with Gasteiger partial charge in [-0.15, -0.1) is 11.3 Å². The number of benzene rings is 10. The summed E-state index contributed by atoms with van der Waals surface area (Å²) < 4.78 is 9.32. The molecular formula is C62H39N3OS. The highest BCUT2D eigenvalue weighted by atomic mass is 32.1. The first-order chi connectivity index (χ1) is 33.2. The van der Waals surface area contributed by atoms with Crippen LogP contribution in [0.25, 0.3) is 120 Å². The first-order valence-corrected chi connectivity index (χ1v) is 23.8. The SMILES string of the molecule is c1ccc(-c2cccc(-c3nc(-c4ccc5c(c4)sc4ccccc45)nc(-c4cc(C5CCc6cc7ccccc7cc6-c6c5ccc5ccccc65)cc5oc6ccccc6c45)n3)c2)cc1. The molecule has 10 aromatic carbocycles. The van der Waals surface area contributed by atoms with Crippen LogP contribution < -0.4 is 0 Å². The highest BCUT2D eigenvalue weighted by Gasteiger charge is 2.29. The number of thiophene rings is 1. The molecule has 0 saturated carbocycles. The molecule has 0 aliphatic heterocycles. The van der Waals surface area contributed by atoms with Gasteiger partial charge >= 0.3 is 0 Å². The molecule has 0 fully saturated rings. The molecule has 1 aliphatic carbocycles. The number of aromatic nitrogens is 3. The molecule has 1 unspecified atom stereocenters. The maximum absolute atomic E-state index is 6.85. The average Bonchev–Trinajstić information content (AvgIpc) is 3.91. The maximum Gasteiger partial charge on any atom is 0.164 e. The van der Waals surface area contributed by atoms with Crippen LogP contribution in [0.1, 0.15) is 29.0 Å². The van der Waals surface area contributed by atoms with Gasteiger partial charge < -0.3 is 4.42 Å². The monoisotopic (exact) mass is 873 g/mol. The molecule has 0 radical (unpaired) electrons. The molecule has 3 aromatic heterocycles. The summed E-state index contributed by atoms with van der Waals surface area (Å²) in [6.07, 6.45) is 1.86. The van der Waals surface area contributed by atoms with Gasteiger partial charge in [0.05, 0.1) is 0 Å². The third-order valence-electron chi connectivity index (χ3n) is 13.9. The summed E-state index contributed by atoms with van der Waals surface area (Å²) in [6, 6.07) is 74.4. The van der Waals surface area contributed by atoms with Crippen molar-refractivity contribution >= 4 is 75.0 Å². The number of para-hydroxylation sites is 1. The molecule has 1 aliphatic rings. The van der Waals surface area contributed by atoms with E-state index in [2.05, 4.69) is 200 Å². The molecule has 67 heavy (non-hydrogen) atoms. The minimum atomic E-state index is 0.0604. The number of fused-ring (bicyclic) bond motifs is 12. The molecule has 4 nitrogen and oxygen atoms in total. The second-order valence-electron chi connectivity index (χ2n) is 17.8. The summed E-state index contributed by atoms with van der Waals surface area (Å²) in [5, 5.41) is 9.58. The van der Waals surface area contributed by atoms with Crippen LogP contribution in [0.15, 0.2) is 211 Å². The van der Waals surface area contributed by atoms with Crippen LogP contribution in [0.3, 0.4) is 0 Å². The topological polar surface area (TPSA) is 51.8 Å². The normalized spacial score (nSPS) is 13.7. The fourth-order valence-corrected chi connectivity index (χ4v) is 11.9. The van der Waals surface area contributed by atoms with E-state index in [1.165, 1.54) is 69.5 Å². The van der Waals surface area contributed by atoms with Crippen LogP contribution in [0.4, 0.5) is 0 Å². The number of aryl methyl sites for hydroxylation is 1. The fourth-order valence-electron chi connectivity index (χ4n) is 10.7. The molecule has 0 spiro atoms. The van der Waals surface area contributed by atoms with Crippen LogP contribution in [-0.4, -0.2) is 15.0 Å². The van der Waals surface area contributed by atoms with E-state index in [1.54, 1.807) is 11.3 Å². The molecular weight excluding hydrogens is 835 g/mol. The standard InChI is InChI=1S/C62H39N3OS/c1-2-13-37(14-3-1)39-18-12-19-43(32-39)60-63-61(44-27-29-49-48-21-9-11-24-56(48)67-57(49)36-44)65-62(64-60)53-34-45(35-55-59(53)51-22-8-10-23-54(51)66-55)46-28-26-42-31-40-16-4-5-17-41(40)33-52(42)58-47-20-7-6-15-38(47)25-30-50(46)58/h1-25,27,29-36,46H,26,28H2. The van der Waals surface area contributed by atoms with Crippen molar-refractivity contribution in [3.63, 3.8) is 0 Å². The molecule has 5 heteroatoms. The molecule has 14 rings (SSSR count). The Morgan fingerprint density at radius 1 is 0.418 bits per heavy atom. The highest BCUT2D eigenvalue weighted by molar-refractivity contribution is 7.25. The van der Waals surface area contributed by atoms with Gasteiger partial charge in [0.2, 0.25) is 0 Å². The van der Waals surface area contributed by atoms with Crippen molar-refractivity contribution in [2.45, 2.75) is 18.8 Å². The molecule has 314 valence electrons. The van der Waals surface area contributed by atoms with Gasteiger partial charge in [-0.3, -0.25) is 0 Å². The van der Waals surface area contributed by atoms with Gasteiger partial charge in [-0.05, 0) is 116 Å². The summed E-state index contributed by atoms with van der Waals surface area (Å²) in [7, 11) is 0. The molecule has 13 aromatic rings. The van der Waals surface area contributed by atoms with Crippen LogP contribution in [0, 0.1) is 0 Å². The lowest BCUT2D eigenvalue weighted by atomic mass is 9.82. The van der Waals surface area contributed by atoms with Crippen molar-refractivity contribution < 1.29 is 4.42 Å². The van der Waals surface area contributed by atoms with E-state index in [9.17, 15) is 0 Å². The zero-order chi connectivity index (χ0) is 44.0. The Hall–Kier alpha value is -8.25.